The van der Waals surface area contributed by atoms with Crippen LogP contribution in [0.25, 0.3) is 0 Å². The topological polar surface area (TPSA) is 50.4 Å². The molecule has 0 aliphatic carbocycles. The lowest BCUT2D eigenvalue weighted by molar-refractivity contribution is 0.150. The van der Waals surface area contributed by atoms with Crippen molar-refractivity contribution in [1.29, 1.82) is 0 Å². The van der Waals surface area contributed by atoms with Crippen LogP contribution in [0.1, 0.15) is 18.5 Å². The predicted octanol–water partition coefficient (Wildman–Crippen LogP) is 2.17. The van der Waals surface area contributed by atoms with Crippen LogP contribution in [0.5, 0.6) is 0 Å². The van der Waals surface area contributed by atoms with Crippen LogP contribution in [0.2, 0.25) is 0 Å². The van der Waals surface area contributed by atoms with E-state index < -0.39 is 0 Å². The summed E-state index contributed by atoms with van der Waals surface area (Å²) in [5.74, 6) is 0.791. The maximum Gasteiger partial charge on any atom is 0.407 e. The lowest BCUT2D eigenvalue weighted by atomic mass is 10.1. The first-order chi connectivity index (χ1) is 8.69. The fourth-order valence-electron chi connectivity index (χ4n) is 1.73. The fraction of sp³-hybridized carbons (Fsp3) is 0.462. The number of hydrogen-bond acceptors (Lipinski definition) is 4. The Bertz CT molecular complexity index is 408. The van der Waals surface area contributed by atoms with Gasteiger partial charge in [0.2, 0.25) is 0 Å². The molecule has 0 radical (unpaired) electrons. The molecule has 2 N–H and O–H groups in total. The molecule has 0 spiro atoms. The number of ether oxygens (including phenoxy) is 1. The van der Waals surface area contributed by atoms with E-state index in [1.165, 1.54) is 10.5 Å². The van der Waals surface area contributed by atoms with Crippen LogP contribution in [0.4, 0.5) is 4.79 Å². The van der Waals surface area contributed by atoms with Crippen molar-refractivity contribution in [2.24, 2.45) is 0 Å². The van der Waals surface area contributed by atoms with Gasteiger partial charge >= 0.3 is 6.09 Å². The van der Waals surface area contributed by atoms with Gasteiger partial charge in [0.25, 0.3) is 0 Å². The molecule has 1 fully saturated rings. The van der Waals surface area contributed by atoms with Crippen LogP contribution in [0.15, 0.2) is 29.2 Å². The van der Waals surface area contributed by atoms with Gasteiger partial charge in [0.05, 0.1) is 6.54 Å². The summed E-state index contributed by atoms with van der Waals surface area (Å²) in [5.41, 5.74) is 1.27. The molecule has 0 saturated carbocycles. The second-order valence-electron chi connectivity index (χ2n) is 4.30. The third kappa shape index (κ3) is 3.40. The third-order valence-corrected chi connectivity index (χ3v) is 4.14. The molecule has 0 aromatic heterocycles. The number of hydrogen-bond donors (Lipinski definition) is 2. The zero-order valence-electron chi connectivity index (χ0n) is 10.6. The molecule has 1 aliphatic heterocycles. The summed E-state index contributed by atoms with van der Waals surface area (Å²) in [6, 6.07) is 8.84. The number of nitrogens with one attached hydrogen (secondary N) is 2. The molecule has 1 aliphatic rings. The van der Waals surface area contributed by atoms with Crippen molar-refractivity contribution in [3.63, 3.8) is 0 Å². The van der Waals surface area contributed by atoms with Crippen LogP contribution in [-0.4, -0.2) is 31.5 Å². The monoisotopic (exact) mass is 266 g/mol. The van der Waals surface area contributed by atoms with Crippen molar-refractivity contribution >= 4 is 17.9 Å². The zero-order chi connectivity index (χ0) is 13.0. The molecule has 1 aromatic rings. The molecule has 1 saturated heterocycles. The van der Waals surface area contributed by atoms with E-state index in [0.717, 1.165) is 5.75 Å². The number of amides is 1. The van der Waals surface area contributed by atoms with Crippen molar-refractivity contribution in [2.45, 2.75) is 24.0 Å². The van der Waals surface area contributed by atoms with Gasteiger partial charge in [-0.15, -0.1) is 11.8 Å². The lowest BCUT2D eigenvalue weighted by Gasteiger charge is -2.11. The van der Waals surface area contributed by atoms with Gasteiger partial charge in [-0.25, -0.2) is 4.79 Å². The average molecular weight is 266 g/mol. The van der Waals surface area contributed by atoms with Crippen LogP contribution < -0.4 is 10.6 Å². The zero-order valence-corrected chi connectivity index (χ0v) is 11.4. The Morgan fingerprint density at radius 3 is 2.78 bits per heavy atom. The SMILES string of the molecule is CNC(C)c1ccc(SCC2CNC(=O)O2)cc1. The molecule has 18 heavy (non-hydrogen) atoms. The first kappa shape index (κ1) is 13.2. The van der Waals surface area contributed by atoms with E-state index in [0.29, 0.717) is 12.6 Å². The second-order valence-corrected chi connectivity index (χ2v) is 5.39. The highest BCUT2D eigenvalue weighted by atomic mass is 32.2. The maximum atomic E-state index is 10.9. The summed E-state index contributed by atoms with van der Waals surface area (Å²) in [6.07, 6.45) is -0.322. The van der Waals surface area contributed by atoms with Crippen molar-refractivity contribution < 1.29 is 9.53 Å². The highest BCUT2D eigenvalue weighted by Gasteiger charge is 2.22. The number of rotatable bonds is 5. The normalized spacial score (nSPS) is 20.3. The van der Waals surface area contributed by atoms with Gasteiger partial charge in [0.1, 0.15) is 6.10 Å². The summed E-state index contributed by atoms with van der Waals surface area (Å²) >= 11 is 1.71. The molecule has 98 valence electrons. The predicted molar refractivity (Wildman–Crippen MR) is 72.9 cm³/mol. The summed E-state index contributed by atoms with van der Waals surface area (Å²) in [6.45, 7) is 2.74. The second kappa shape index (κ2) is 6.11. The summed E-state index contributed by atoms with van der Waals surface area (Å²) in [5, 5.41) is 5.86. The molecule has 2 rings (SSSR count). The third-order valence-electron chi connectivity index (χ3n) is 3.00. The van der Waals surface area contributed by atoms with Crippen LogP contribution in [0.3, 0.4) is 0 Å². The first-order valence-corrected chi connectivity index (χ1v) is 7.02. The van der Waals surface area contributed by atoms with Crippen molar-refractivity contribution in [3.8, 4) is 0 Å². The van der Waals surface area contributed by atoms with Crippen LogP contribution in [-0.2, 0) is 4.74 Å². The lowest BCUT2D eigenvalue weighted by Crippen LogP contribution is -2.16. The Labute approximate surface area is 111 Å². The molecule has 1 amide bonds. The first-order valence-electron chi connectivity index (χ1n) is 6.03. The van der Waals surface area contributed by atoms with E-state index in [1.807, 2.05) is 7.05 Å². The highest BCUT2D eigenvalue weighted by Crippen LogP contribution is 2.22. The smallest absolute Gasteiger partial charge is 0.407 e. The number of benzene rings is 1. The molecule has 1 aromatic carbocycles. The molecule has 2 unspecified atom stereocenters. The standard InChI is InChI=1S/C13H18N2O2S/c1-9(14-2)10-3-5-12(6-4-10)18-8-11-7-15-13(16)17-11/h3-6,9,11,14H,7-8H2,1-2H3,(H,15,16). The van der Waals surface area contributed by atoms with E-state index in [1.54, 1.807) is 11.8 Å². The maximum absolute atomic E-state index is 10.9. The molecular weight excluding hydrogens is 248 g/mol. The van der Waals surface area contributed by atoms with E-state index in [2.05, 4.69) is 41.8 Å². The Kier molecular flexibility index (Phi) is 4.49. The highest BCUT2D eigenvalue weighted by molar-refractivity contribution is 7.99. The van der Waals surface area contributed by atoms with Gasteiger partial charge in [-0.05, 0) is 31.7 Å². The van der Waals surface area contributed by atoms with E-state index in [9.17, 15) is 4.79 Å². The van der Waals surface area contributed by atoms with Gasteiger partial charge in [0, 0.05) is 16.7 Å². The van der Waals surface area contributed by atoms with Crippen LogP contribution in [0, 0.1) is 0 Å². The number of thioether (sulfide) groups is 1. The van der Waals surface area contributed by atoms with Gasteiger partial charge < -0.3 is 15.4 Å². The number of carbonyl (C=O) groups excluding carboxylic acids is 1. The molecular formula is C13H18N2O2S. The summed E-state index contributed by atoms with van der Waals surface area (Å²) in [4.78, 5) is 12.1. The van der Waals surface area contributed by atoms with Gasteiger partial charge in [0.15, 0.2) is 0 Å². The molecule has 5 heteroatoms. The quantitative estimate of drug-likeness (QED) is 0.802. The minimum atomic E-state index is -0.307. The molecule has 2 atom stereocenters. The largest absolute Gasteiger partial charge is 0.443 e. The fourth-order valence-corrected chi connectivity index (χ4v) is 2.63. The minimum absolute atomic E-state index is 0.0154. The Morgan fingerprint density at radius 2 is 2.22 bits per heavy atom. The van der Waals surface area contributed by atoms with E-state index in [4.69, 9.17) is 4.74 Å². The van der Waals surface area contributed by atoms with Crippen LogP contribution >= 0.6 is 11.8 Å². The van der Waals surface area contributed by atoms with Crippen molar-refractivity contribution in [3.05, 3.63) is 29.8 Å². The van der Waals surface area contributed by atoms with Crippen molar-refractivity contribution in [1.82, 2.24) is 10.6 Å². The number of carbonyl (C=O) groups is 1. The van der Waals surface area contributed by atoms with Gasteiger partial charge in [-0.2, -0.15) is 0 Å². The van der Waals surface area contributed by atoms with Crippen molar-refractivity contribution in [2.75, 3.05) is 19.3 Å². The van der Waals surface area contributed by atoms with E-state index >= 15 is 0 Å². The van der Waals surface area contributed by atoms with Gasteiger partial charge in [-0.3, -0.25) is 0 Å². The number of alkyl carbamates (subject to hydrolysis) is 1. The Balaban J connectivity index is 1.84. The molecule has 4 nitrogen and oxygen atoms in total. The Morgan fingerprint density at radius 1 is 1.50 bits per heavy atom. The Hall–Kier alpha value is -1.20. The minimum Gasteiger partial charge on any atom is -0.443 e. The van der Waals surface area contributed by atoms with Gasteiger partial charge in [-0.1, -0.05) is 12.1 Å². The van der Waals surface area contributed by atoms with E-state index in [-0.39, 0.29) is 12.2 Å². The number of cyclic esters (lactones) is 1. The average Bonchev–Trinajstić information content (AvgIpc) is 2.82. The summed E-state index contributed by atoms with van der Waals surface area (Å²) < 4.78 is 5.08. The molecule has 0 bridgehead atoms. The summed E-state index contributed by atoms with van der Waals surface area (Å²) in [7, 11) is 1.95. The molecule has 1 heterocycles.